The van der Waals surface area contributed by atoms with Gasteiger partial charge in [-0.3, -0.25) is 0 Å². The number of carbonyl (C=O) groups excluding carboxylic acids is 3. The lowest BCUT2D eigenvalue weighted by Crippen LogP contribution is -2.51. The molecule has 0 bridgehead atoms. The van der Waals surface area contributed by atoms with Gasteiger partial charge in [-0.15, -0.1) is 0 Å². The van der Waals surface area contributed by atoms with Gasteiger partial charge >= 0.3 is 23.7 Å². The van der Waals surface area contributed by atoms with E-state index in [-0.39, 0.29) is 24.0 Å². The Labute approximate surface area is 142 Å². The monoisotopic (exact) mass is 343 g/mol. The summed E-state index contributed by atoms with van der Waals surface area (Å²) < 4.78 is 11.1. The summed E-state index contributed by atoms with van der Waals surface area (Å²) in [5.74, 6) is -0.0755. The number of amidine groups is 2. The summed E-state index contributed by atoms with van der Waals surface area (Å²) in [5.41, 5.74) is 0.702. The summed E-state index contributed by atoms with van der Waals surface area (Å²) >= 11 is 0. The number of ether oxygens (including phenoxy) is 2. The van der Waals surface area contributed by atoms with Crippen molar-refractivity contribution in [3.63, 3.8) is 0 Å². The molecule has 1 aromatic carbocycles. The standard InChI is InChI=1S/C16H15N4O5/c1-19-14-12(15(22)20(2)16(19)23)17-13(18-14)9-5-4-6-10(7-9)25-8-11(21)24-3/h4-7H,8H2,1-3H3/q+1. The molecule has 1 aromatic rings. The third kappa shape index (κ3) is 2.91. The topological polar surface area (TPSA) is 101 Å². The fraction of sp³-hybridized carbons (Fsp3) is 0.250. The molecule has 2 heterocycles. The number of esters is 1. The van der Waals surface area contributed by atoms with Gasteiger partial charge in [0.1, 0.15) is 5.75 Å². The number of amides is 3. The average Bonchev–Trinajstić information content (AvgIpc) is 3.08. The van der Waals surface area contributed by atoms with E-state index in [0.29, 0.717) is 11.3 Å². The molecule has 128 valence electrons. The molecule has 0 fully saturated rings. The number of aliphatic imine (C=N–C) groups is 2. The van der Waals surface area contributed by atoms with Crippen LogP contribution in [0.5, 0.6) is 5.75 Å². The van der Waals surface area contributed by atoms with Gasteiger partial charge in [0, 0.05) is 5.56 Å². The van der Waals surface area contributed by atoms with E-state index in [1.165, 1.54) is 25.8 Å². The van der Waals surface area contributed by atoms with Gasteiger partial charge in [0.2, 0.25) is 11.5 Å². The number of hydrogen-bond donors (Lipinski definition) is 0. The first-order valence-corrected chi connectivity index (χ1v) is 7.33. The van der Waals surface area contributed by atoms with E-state index in [2.05, 4.69) is 14.7 Å². The van der Waals surface area contributed by atoms with Crippen LogP contribution in [0.1, 0.15) is 5.56 Å². The minimum absolute atomic E-state index is 0.112. The van der Waals surface area contributed by atoms with Crippen LogP contribution in [0.15, 0.2) is 34.3 Å². The summed E-state index contributed by atoms with van der Waals surface area (Å²) in [7, 11) is 4.19. The number of methoxy groups -OCH3 is 1. The molecule has 0 N–H and O–H groups in total. The molecule has 0 saturated carbocycles. The van der Waals surface area contributed by atoms with E-state index in [9.17, 15) is 14.4 Å². The highest BCUT2D eigenvalue weighted by Crippen LogP contribution is 2.18. The molecule has 2 aliphatic rings. The van der Waals surface area contributed by atoms with E-state index < -0.39 is 17.9 Å². The Bertz CT molecular complexity index is 884. The molecule has 3 rings (SSSR count). The normalized spacial score (nSPS) is 16.5. The van der Waals surface area contributed by atoms with Crippen molar-refractivity contribution in [2.75, 3.05) is 27.8 Å². The van der Waals surface area contributed by atoms with E-state index in [0.717, 1.165) is 4.90 Å². The zero-order chi connectivity index (χ0) is 18.1. The lowest BCUT2D eigenvalue weighted by Gasteiger charge is -2.15. The van der Waals surface area contributed by atoms with Crippen molar-refractivity contribution in [1.29, 1.82) is 0 Å². The van der Waals surface area contributed by atoms with Gasteiger partial charge in [-0.2, -0.15) is 14.5 Å². The number of fused-ring (bicyclic) bond motifs is 1. The van der Waals surface area contributed by atoms with Gasteiger partial charge in [-0.25, -0.2) is 14.4 Å². The summed E-state index contributed by atoms with van der Waals surface area (Å²) in [5, 5.41) is 0. The third-order valence-corrected chi connectivity index (χ3v) is 3.72. The molecule has 2 aliphatic heterocycles. The first kappa shape index (κ1) is 16.5. The second-order valence-electron chi connectivity index (χ2n) is 5.32. The maximum atomic E-state index is 12.2. The quantitative estimate of drug-likeness (QED) is 0.569. The molecule has 0 atom stereocenters. The summed E-state index contributed by atoms with van der Waals surface area (Å²) in [4.78, 5) is 44.8. The number of urea groups is 1. The van der Waals surface area contributed by atoms with Crippen LogP contribution in [-0.2, 0) is 14.3 Å². The highest BCUT2D eigenvalue weighted by molar-refractivity contribution is 6.70. The van der Waals surface area contributed by atoms with Crippen LogP contribution in [0.2, 0.25) is 0 Å². The fourth-order valence-electron chi connectivity index (χ4n) is 2.33. The van der Waals surface area contributed by atoms with Crippen LogP contribution in [0, 0.1) is 0 Å². The van der Waals surface area contributed by atoms with Crippen molar-refractivity contribution < 1.29 is 28.4 Å². The molecule has 0 radical (unpaired) electrons. The molecule has 0 aliphatic carbocycles. The van der Waals surface area contributed by atoms with Crippen LogP contribution < -0.4 is 4.74 Å². The lowest BCUT2D eigenvalue weighted by molar-refractivity contribution is -0.401. The number of benzene rings is 1. The maximum absolute atomic E-state index is 12.2. The number of carbonyl (C=O) groups is 3. The minimum Gasteiger partial charge on any atom is -0.482 e. The van der Waals surface area contributed by atoms with E-state index in [4.69, 9.17) is 4.74 Å². The highest BCUT2D eigenvalue weighted by atomic mass is 16.6. The van der Waals surface area contributed by atoms with Crippen LogP contribution in [-0.4, -0.2) is 72.6 Å². The molecule has 3 amide bonds. The summed E-state index contributed by atoms with van der Waals surface area (Å²) in [6, 6.07) is 6.28. The number of imide groups is 1. The lowest BCUT2D eigenvalue weighted by atomic mass is 10.2. The van der Waals surface area contributed by atoms with E-state index in [1.54, 1.807) is 24.3 Å². The van der Waals surface area contributed by atoms with Crippen LogP contribution in [0.4, 0.5) is 4.79 Å². The van der Waals surface area contributed by atoms with Crippen molar-refractivity contribution in [2.24, 2.45) is 9.98 Å². The number of rotatable bonds is 4. The largest absolute Gasteiger partial charge is 0.482 e. The van der Waals surface area contributed by atoms with Gasteiger partial charge in [0.15, 0.2) is 6.61 Å². The van der Waals surface area contributed by atoms with Gasteiger partial charge in [-0.05, 0) is 18.2 Å². The number of nitrogens with zero attached hydrogens (tertiary/aromatic N) is 4. The third-order valence-electron chi connectivity index (χ3n) is 3.72. The summed E-state index contributed by atoms with van der Waals surface area (Å²) in [6.07, 6.45) is 0. The molecular weight excluding hydrogens is 328 g/mol. The van der Waals surface area contributed by atoms with E-state index in [1.807, 2.05) is 0 Å². The second-order valence-corrected chi connectivity index (χ2v) is 5.32. The molecular formula is C16H15N4O5+. The molecule has 0 aromatic heterocycles. The van der Waals surface area contributed by atoms with Gasteiger partial charge in [0.05, 0.1) is 21.2 Å². The Morgan fingerprint density at radius 1 is 1.28 bits per heavy atom. The molecule has 0 saturated heterocycles. The van der Waals surface area contributed by atoms with Crippen LogP contribution >= 0.6 is 0 Å². The molecule has 9 heteroatoms. The van der Waals surface area contributed by atoms with Crippen molar-refractivity contribution >= 4 is 35.3 Å². The van der Waals surface area contributed by atoms with Crippen LogP contribution in [0.25, 0.3) is 0 Å². The zero-order valence-electron chi connectivity index (χ0n) is 13.8. The van der Waals surface area contributed by atoms with Crippen molar-refractivity contribution in [2.45, 2.75) is 0 Å². The Hall–Kier alpha value is -3.36. The molecule has 0 unspecified atom stereocenters. The highest BCUT2D eigenvalue weighted by Gasteiger charge is 2.44. The van der Waals surface area contributed by atoms with Gasteiger partial charge < -0.3 is 9.47 Å². The van der Waals surface area contributed by atoms with Gasteiger partial charge in [-0.1, -0.05) is 11.1 Å². The smallest absolute Gasteiger partial charge is 0.446 e. The maximum Gasteiger partial charge on any atom is 0.446 e. The first-order valence-electron chi connectivity index (χ1n) is 7.33. The predicted octanol–water partition coefficient (Wildman–Crippen LogP) is 0.0724. The average molecular weight is 343 g/mol. The second kappa shape index (κ2) is 6.27. The summed E-state index contributed by atoms with van der Waals surface area (Å²) in [6.45, 7) is -0.223. The Kier molecular flexibility index (Phi) is 4.14. The first-order chi connectivity index (χ1) is 11.9. The fourth-order valence-corrected chi connectivity index (χ4v) is 2.33. The predicted molar refractivity (Wildman–Crippen MR) is 87.3 cm³/mol. The molecule has 9 nitrogen and oxygen atoms in total. The molecule has 25 heavy (non-hydrogen) atoms. The number of hydrogen-bond acceptors (Lipinski definition) is 7. The van der Waals surface area contributed by atoms with Crippen LogP contribution in [0.3, 0.4) is 0 Å². The Morgan fingerprint density at radius 3 is 2.76 bits per heavy atom. The SMILES string of the molecule is COC(=O)COc1cccc(C2=NC3=[N+](C)C(=O)N(C)C(=O)C3=N2)c1. The van der Waals surface area contributed by atoms with Gasteiger partial charge in [0.25, 0.3) is 0 Å². The van der Waals surface area contributed by atoms with Crippen molar-refractivity contribution in [3.05, 3.63) is 29.8 Å². The molecule has 0 spiro atoms. The Morgan fingerprint density at radius 2 is 2.04 bits per heavy atom. The Balaban J connectivity index is 1.92. The van der Waals surface area contributed by atoms with Crippen molar-refractivity contribution in [3.8, 4) is 5.75 Å². The zero-order valence-corrected chi connectivity index (χ0v) is 13.8. The minimum atomic E-state index is -0.505. The van der Waals surface area contributed by atoms with Crippen molar-refractivity contribution in [1.82, 2.24) is 4.90 Å². The van der Waals surface area contributed by atoms with E-state index >= 15 is 0 Å².